The highest BCUT2D eigenvalue weighted by Crippen LogP contribution is 2.24. The first-order valence-electron chi connectivity index (χ1n) is 7.15. The van der Waals surface area contributed by atoms with Crippen LogP contribution in [0, 0.1) is 11.2 Å². The third kappa shape index (κ3) is 4.43. The van der Waals surface area contributed by atoms with E-state index in [1.54, 1.807) is 19.9 Å². The Morgan fingerprint density at radius 2 is 2.14 bits per heavy atom. The van der Waals surface area contributed by atoms with E-state index in [4.69, 9.17) is 9.47 Å². The molecule has 1 aromatic carbocycles. The monoisotopic (exact) mass is 295 g/mol. The fraction of sp³-hybridized carbons (Fsp3) is 0.562. The number of esters is 1. The molecule has 0 unspecified atom stereocenters. The van der Waals surface area contributed by atoms with Gasteiger partial charge >= 0.3 is 5.97 Å². The molecule has 1 aromatic rings. The van der Waals surface area contributed by atoms with Gasteiger partial charge in [0.1, 0.15) is 6.61 Å². The van der Waals surface area contributed by atoms with Crippen LogP contribution in [0.1, 0.15) is 32.3 Å². The summed E-state index contributed by atoms with van der Waals surface area (Å²) in [5.74, 6) is -0.638. The first-order valence-corrected chi connectivity index (χ1v) is 7.15. The Kier molecular flexibility index (Phi) is 4.83. The molecule has 1 saturated carbocycles. The SMILES string of the molecule is COC(=O)C(C)(C)COc1ccc(CNC2CC2)cc1F. The van der Waals surface area contributed by atoms with Gasteiger partial charge in [0, 0.05) is 12.6 Å². The molecule has 0 atom stereocenters. The van der Waals surface area contributed by atoms with Crippen LogP contribution < -0.4 is 10.1 Å². The predicted molar refractivity (Wildman–Crippen MR) is 77.6 cm³/mol. The second-order valence-corrected chi connectivity index (χ2v) is 6.08. The molecule has 1 aliphatic carbocycles. The molecular weight excluding hydrogens is 273 g/mol. The molecule has 1 N–H and O–H groups in total. The van der Waals surface area contributed by atoms with Crippen LogP contribution in [-0.2, 0) is 16.1 Å². The molecule has 1 aliphatic rings. The van der Waals surface area contributed by atoms with Gasteiger partial charge in [-0.05, 0) is 44.4 Å². The maximum Gasteiger partial charge on any atom is 0.314 e. The van der Waals surface area contributed by atoms with Crippen molar-refractivity contribution in [3.05, 3.63) is 29.6 Å². The summed E-state index contributed by atoms with van der Waals surface area (Å²) in [5, 5.41) is 3.33. The zero-order chi connectivity index (χ0) is 15.5. The lowest BCUT2D eigenvalue weighted by molar-refractivity contribution is -0.152. The van der Waals surface area contributed by atoms with E-state index in [1.165, 1.54) is 26.0 Å². The average Bonchev–Trinajstić information content (AvgIpc) is 3.27. The Bertz CT molecular complexity index is 512. The van der Waals surface area contributed by atoms with Crippen molar-refractivity contribution in [3.63, 3.8) is 0 Å². The summed E-state index contributed by atoms with van der Waals surface area (Å²) >= 11 is 0. The number of halogens is 1. The fourth-order valence-corrected chi connectivity index (χ4v) is 1.91. The van der Waals surface area contributed by atoms with Crippen molar-refractivity contribution in [3.8, 4) is 5.75 Å². The Balaban J connectivity index is 1.92. The molecule has 21 heavy (non-hydrogen) atoms. The molecule has 1 fully saturated rings. The largest absolute Gasteiger partial charge is 0.489 e. The zero-order valence-corrected chi connectivity index (χ0v) is 12.7. The summed E-state index contributed by atoms with van der Waals surface area (Å²) < 4.78 is 24.1. The van der Waals surface area contributed by atoms with E-state index in [-0.39, 0.29) is 18.3 Å². The lowest BCUT2D eigenvalue weighted by atomic mass is 9.95. The van der Waals surface area contributed by atoms with Crippen molar-refractivity contribution < 1.29 is 18.7 Å². The van der Waals surface area contributed by atoms with Gasteiger partial charge in [-0.2, -0.15) is 0 Å². The van der Waals surface area contributed by atoms with Crippen LogP contribution in [0.25, 0.3) is 0 Å². The molecule has 0 aliphatic heterocycles. The standard InChI is InChI=1S/C16H22FNO3/c1-16(2,15(19)20-3)10-21-14-7-4-11(8-13(14)17)9-18-12-5-6-12/h4,7-8,12,18H,5-6,9-10H2,1-3H3. The number of ether oxygens (including phenoxy) is 2. The highest BCUT2D eigenvalue weighted by Gasteiger charge is 2.30. The van der Waals surface area contributed by atoms with Gasteiger partial charge < -0.3 is 14.8 Å². The third-order valence-corrected chi connectivity index (χ3v) is 3.49. The van der Waals surface area contributed by atoms with E-state index in [1.807, 2.05) is 6.07 Å². The summed E-state index contributed by atoms with van der Waals surface area (Å²) in [6.07, 6.45) is 2.40. The van der Waals surface area contributed by atoms with Gasteiger partial charge in [0.05, 0.1) is 12.5 Å². The summed E-state index contributed by atoms with van der Waals surface area (Å²) in [6, 6.07) is 5.49. The number of benzene rings is 1. The van der Waals surface area contributed by atoms with E-state index in [2.05, 4.69) is 5.32 Å². The first-order chi connectivity index (χ1) is 9.92. The Morgan fingerprint density at radius 3 is 2.71 bits per heavy atom. The minimum absolute atomic E-state index is 0.0657. The lowest BCUT2D eigenvalue weighted by Crippen LogP contribution is -2.32. The van der Waals surface area contributed by atoms with E-state index >= 15 is 0 Å². The number of hydrogen-bond donors (Lipinski definition) is 1. The van der Waals surface area contributed by atoms with Crippen LogP contribution in [0.5, 0.6) is 5.75 Å². The van der Waals surface area contributed by atoms with Gasteiger partial charge in [-0.25, -0.2) is 4.39 Å². The molecule has 0 spiro atoms. The van der Waals surface area contributed by atoms with Crippen molar-refractivity contribution in [1.82, 2.24) is 5.32 Å². The van der Waals surface area contributed by atoms with E-state index in [0.717, 1.165) is 5.56 Å². The maximum absolute atomic E-state index is 14.0. The fourth-order valence-electron chi connectivity index (χ4n) is 1.91. The minimum Gasteiger partial charge on any atom is -0.489 e. The molecule has 0 saturated heterocycles. The summed E-state index contributed by atoms with van der Waals surface area (Å²) in [7, 11) is 1.33. The minimum atomic E-state index is -0.812. The van der Waals surface area contributed by atoms with E-state index < -0.39 is 11.2 Å². The Labute approximate surface area is 124 Å². The van der Waals surface area contributed by atoms with Gasteiger partial charge in [-0.1, -0.05) is 6.07 Å². The molecule has 116 valence electrons. The van der Waals surface area contributed by atoms with Crippen molar-refractivity contribution in [2.75, 3.05) is 13.7 Å². The first kappa shape index (κ1) is 15.8. The third-order valence-electron chi connectivity index (χ3n) is 3.49. The number of methoxy groups -OCH3 is 1. The summed E-state index contributed by atoms with van der Waals surface area (Å²) in [4.78, 5) is 11.5. The van der Waals surface area contributed by atoms with Crippen molar-refractivity contribution >= 4 is 5.97 Å². The Morgan fingerprint density at radius 1 is 1.43 bits per heavy atom. The van der Waals surface area contributed by atoms with E-state index in [9.17, 15) is 9.18 Å². The average molecular weight is 295 g/mol. The van der Waals surface area contributed by atoms with Gasteiger partial charge in [0.15, 0.2) is 11.6 Å². The zero-order valence-electron chi connectivity index (χ0n) is 12.7. The van der Waals surface area contributed by atoms with Crippen LogP contribution in [0.4, 0.5) is 4.39 Å². The quantitative estimate of drug-likeness (QED) is 0.786. The van der Waals surface area contributed by atoms with Crippen LogP contribution in [0.15, 0.2) is 18.2 Å². The molecule has 0 aromatic heterocycles. The molecule has 2 rings (SSSR count). The Hall–Kier alpha value is -1.62. The summed E-state index contributed by atoms with van der Waals surface area (Å²) in [5.41, 5.74) is 0.0758. The van der Waals surface area contributed by atoms with Crippen LogP contribution in [0.2, 0.25) is 0 Å². The highest BCUT2D eigenvalue weighted by atomic mass is 19.1. The lowest BCUT2D eigenvalue weighted by Gasteiger charge is -2.21. The van der Waals surface area contributed by atoms with Crippen LogP contribution in [-0.4, -0.2) is 25.7 Å². The topological polar surface area (TPSA) is 47.6 Å². The molecular formula is C16H22FNO3. The van der Waals surface area contributed by atoms with Crippen molar-refractivity contribution in [1.29, 1.82) is 0 Å². The van der Waals surface area contributed by atoms with Crippen molar-refractivity contribution in [2.24, 2.45) is 5.41 Å². The van der Waals surface area contributed by atoms with Crippen LogP contribution >= 0.6 is 0 Å². The molecule has 0 bridgehead atoms. The number of rotatable bonds is 7. The number of carbonyl (C=O) groups is 1. The van der Waals surface area contributed by atoms with E-state index in [0.29, 0.717) is 12.6 Å². The van der Waals surface area contributed by atoms with Gasteiger partial charge in [-0.3, -0.25) is 4.79 Å². The number of nitrogens with one attached hydrogen (secondary N) is 1. The second-order valence-electron chi connectivity index (χ2n) is 6.08. The highest BCUT2D eigenvalue weighted by molar-refractivity contribution is 5.75. The molecule has 0 radical (unpaired) electrons. The second kappa shape index (κ2) is 6.43. The van der Waals surface area contributed by atoms with Crippen molar-refractivity contribution in [2.45, 2.75) is 39.3 Å². The number of carbonyl (C=O) groups excluding carboxylic acids is 1. The normalized spacial score (nSPS) is 14.9. The molecule has 5 heteroatoms. The maximum atomic E-state index is 14.0. The molecule has 4 nitrogen and oxygen atoms in total. The molecule has 0 amide bonds. The molecule has 0 heterocycles. The van der Waals surface area contributed by atoms with Gasteiger partial charge in [-0.15, -0.1) is 0 Å². The summed E-state index contributed by atoms with van der Waals surface area (Å²) in [6.45, 7) is 4.13. The smallest absolute Gasteiger partial charge is 0.314 e. The van der Waals surface area contributed by atoms with Crippen LogP contribution in [0.3, 0.4) is 0 Å². The van der Waals surface area contributed by atoms with Gasteiger partial charge in [0.2, 0.25) is 0 Å². The number of hydrogen-bond acceptors (Lipinski definition) is 4. The van der Waals surface area contributed by atoms with Gasteiger partial charge in [0.25, 0.3) is 0 Å². The predicted octanol–water partition coefficient (Wildman–Crippen LogP) is 2.66.